The molecule has 0 aliphatic heterocycles. The molecule has 3 aromatic heterocycles. The molecule has 25 heavy (non-hydrogen) atoms. The van der Waals surface area contributed by atoms with Crippen molar-refractivity contribution in [2.45, 2.75) is 44.6 Å². The second kappa shape index (κ2) is 6.89. The molecule has 6 nitrogen and oxygen atoms in total. The summed E-state index contributed by atoms with van der Waals surface area (Å²) in [7, 11) is 0. The number of hydrogen-bond acceptors (Lipinski definition) is 5. The van der Waals surface area contributed by atoms with Crippen LogP contribution >= 0.6 is 0 Å². The molecule has 3 aromatic rings. The summed E-state index contributed by atoms with van der Waals surface area (Å²) in [6.07, 6.45) is 11.2. The number of aromatic nitrogens is 4. The molecule has 0 saturated heterocycles. The molecule has 1 saturated carbocycles. The third kappa shape index (κ3) is 3.05. The van der Waals surface area contributed by atoms with Crippen LogP contribution in [0.2, 0.25) is 0 Å². The van der Waals surface area contributed by atoms with Crippen LogP contribution in [0.15, 0.2) is 36.8 Å². The van der Waals surface area contributed by atoms with Gasteiger partial charge in [0.25, 0.3) is 0 Å². The first-order valence-corrected chi connectivity index (χ1v) is 8.77. The Bertz CT molecular complexity index is 903. The molecule has 3 heterocycles. The highest BCUT2D eigenvalue weighted by molar-refractivity contribution is 5.61. The zero-order valence-electron chi connectivity index (χ0n) is 14.0. The number of rotatable bonds is 4. The first-order chi connectivity index (χ1) is 12.4. The van der Waals surface area contributed by atoms with Crippen molar-refractivity contribution in [1.82, 2.24) is 19.6 Å². The third-order valence-electron chi connectivity index (χ3n) is 4.88. The Morgan fingerprint density at radius 2 is 1.92 bits per heavy atom. The molecular formula is C19H20N6. The number of nitrogens with one attached hydrogen (secondary N) is 1. The smallest absolute Gasteiger partial charge is 0.157 e. The molecule has 6 heteroatoms. The predicted molar refractivity (Wildman–Crippen MR) is 95.1 cm³/mol. The Morgan fingerprint density at radius 1 is 1.12 bits per heavy atom. The SMILES string of the molecule is N#Cc1c(C2CCCCC2)nc2ccnn2c1NCc1ccncc1. The fraction of sp³-hybridized carbons (Fsp3) is 0.368. The highest BCUT2D eigenvalue weighted by Crippen LogP contribution is 2.35. The van der Waals surface area contributed by atoms with E-state index in [1.165, 1.54) is 19.3 Å². The maximum absolute atomic E-state index is 9.84. The van der Waals surface area contributed by atoms with Crippen molar-refractivity contribution in [2.24, 2.45) is 0 Å². The van der Waals surface area contributed by atoms with E-state index in [0.29, 0.717) is 18.0 Å². The lowest BCUT2D eigenvalue weighted by molar-refractivity contribution is 0.436. The molecule has 0 amide bonds. The van der Waals surface area contributed by atoms with Crippen LogP contribution in [-0.4, -0.2) is 19.6 Å². The number of hydrogen-bond donors (Lipinski definition) is 1. The van der Waals surface area contributed by atoms with E-state index < -0.39 is 0 Å². The van der Waals surface area contributed by atoms with Crippen molar-refractivity contribution in [3.63, 3.8) is 0 Å². The Hall–Kier alpha value is -2.94. The van der Waals surface area contributed by atoms with E-state index in [4.69, 9.17) is 4.98 Å². The van der Waals surface area contributed by atoms with Crippen molar-refractivity contribution >= 4 is 11.5 Å². The van der Waals surface area contributed by atoms with Gasteiger partial charge in [-0.05, 0) is 30.5 Å². The summed E-state index contributed by atoms with van der Waals surface area (Å²) in [5, 5.41) is 17.6. The summed E-state index contributed by atoms with van der Waals surface area (Å²) in [6.45, 7) is 0.611. The Balaban J connectivity index is 1.75. The van der Waals surface area contributed by atoms with Gasteiger partial charge < -0.3 is 5.32 Å². The molecular weight excluding hydrogens is 312 g/mol. The Labute approximate surface area is 146 Å². The van der Waals surface area contributed by atoms with Gasteiger partial charge in [0.05, 0.1) is 11.9 Å². The predicted octanol–water partition coefficient (Wildman–Crippen LogP) is 3.66. The number of fused-ring (bicyclic) bond motifs is 1. The van der Waals surface area contributed by atoms with E-state index in [1.807, 2.05) is 18.2 Å². The monoisotopic (exact) mass is 332 g/mol. The minimum absolute atomic E-state index is 0.366. The molecule has 0 bridgehead atoms. The number of nitrogens with zero attached hydrogens (tertiary/aromatic N) is 5. The number of anilines is 1. The summed E-state index contributed by atoms with van der Waals surface area (Å²) < 4.78 is 1.73. The van der Waals surface area contributed by atoms with Crippen LogP contribution in [0.3, 0.4) is 0 Å². The van der Waals surface area contributed by atoms with Crippen LogP contribution in [0.4, 0.5) is 5.82 Å². The summed E-state index contributed by atoms with van der Waals surface area (Å²) in [6, 6.07) is 8.20. The summed E-state index contributed by atoms with van der Waals surface area (Å²) in [5.74, 6) is 1.10. The van der Waals surface area contributed by atoms with Crippen LogP contribution in [-0.2, 0) is 6.54 Å². The van der Waals surface area contributed by atoms with E-state index in [1.54, 1.807) is 23.1 Å². The normalized spacial score (nSPS) is 15.2. The minimum Gasteiger partial charge on any atom is -0.365 e. The first-order valence-electron chi connectivity index (χ1n) is 8.77. The van der Waals surface area contributed by atoms with Crippen LogP contribution in [0.25, 0.3) is 5.65 Å². The fourth-order valence-corrected chi connectivity index (χ4v) is 3.59. The Morgan fingerprint density at radius 3 is 2.68 bits per heavy atom. The topological polar surface area (TPSA) is 78.9 Å². The van der Waals surface area contributed by atoms with Gasteiger partial charge in [0.2, 0.25) is 0 Å². The number of pyridine rings is 1. The van der Waals surface area contributed by atoms with Gasteiger partial charge in [-0.1, -0.05) is 19.3 Å². The molecule has 0 spiro atoms. The van der Waals surface area contributed by atoms with Gasteiger partial charge in [0, 0.05) is 30.9 Å². The summed E-state index contributed by atoms with van der Waals surface area (Å²) >= 11 is 0. The molecule has 126 valence electrons. The molecule has 1 aliphatic rings. The minimum atomic E-state index is 0.366. The van der Waals surface area contributed by atoms with E-state index >= 15 is 0 Å². The lowest BCUT2D eigenvalue weighted by atomic mass is 9.85. The lowest BCUT2D eigenvalue weighted by Gasteiger charge is -2.23. The largest absolute Gasteiger partial charge is 0.365 e. The van der Waals surface area contributed by atoms with Crippen molar-refractivity contribution in [3.05, 3.63) is 53.6 Å². The zero-order valence-corrected chi connectivity index (χ0v) is 14.0. The molecule has 1 N–H and O–H groups in total. The molecule has 0 atom stereocenters. The maximum atomic E-state index is 9.84. The molecule has 4 rings (SSSR count). The first kappa shape index (κ1) is 15.6. The van der Waals surface area contributed by atoms with Gasteiger partial charge >= 0.3 is 0 Å². The van der Waals surface area contributed by atoms with Crippen molar-refractivity contribution in [3.8, 4) is 6.07 Å². The van der Waals surface area contributed by atoms with Crippen molar-refractivity contribution in [1.29, 1.82) is 5.26 Å². The standard InChI is InChI=1S/C19H20N6/c20-12-16-18(15-4-2-1-3-5-15)24-17-8-11-23-25(17)19(16)22-13-14-6-9-21-10-7-14/h6-11,15,22H,1-5,13H2. The van der Waals surface area contributed by atoms with E-state index in [9.17, 15) is 5.26 Å². The molecule has 1 aliphatic carbocycles. The van der Waals surface area contributed by atoms with Gasteiger partial charge in [0.1, 0.15) is 17.5 Å². The molecule has 1 fully saturated rings. The van der Waals surface area contributed by atoms with Crippen LogP contribution < -0.4 is 5.32 Å². The summed E-state index contributed by atoms with van der Waals surface area (Å²) in [4.78, 5) is 8.82. The quantitative estimate of drug-likeness (QED) is 0.789. The second-order valence-corrected chi connectivity index (χ2v) is 6.48. The molecule has 0 radical (unpaired) electrons. The van der Waals surface area contributed by atoms with Crippen molar-refractivity contribution in [2.75, 3.05) is 5.32 Å². The average Bonchev–Trinajstić information content (AvgIpc) is 3.15. The third-order valence-corrected chi connectivity index (χ3v) is 4.88. The van der Waals surface area contributed by atoms with Crippen LogP contribution in [0, 0.1) is 11.3 Å². The summed E-state index contributed by atoms with van der Waals surface area (Å²) in [5.41, 5.74) is 3.44. The number of nitriles is 1. The fourth-order valence-electron chi connectivity index (χ4n) is 3.59. The zero-order chi connectivity index (χ0) is 17.1. The van der Waals surface area contributed by atoms with Crippen LogP contribution in [0.1, 0.15) is 54.8 Å². The highest BCUT2D eigenvalue weighted by Gasteiger charge is 2.24. The van der Waals surface area contributed by atoms with Crippen LogP contribution in [0.5, 0.6) is 0 Å². The van der Waals surface area contributed by atoms with Gasteiger partial charge in [-0.15, -0.1) is 0 Å². The molecule has 0 aromatic carbocycles. The Kier molecular flexibility index (Phi) is 4.30. The molecule has 0 unspecified atom stereocenters. The van der Waals surface area contributed by atoms with Crippen molar-refractivity contribution < 1.29 is 0 Å². The van der Waals surface area contributed by atoms with Gasteiger partial charge in [-0.3, -0.25) is 4.98 Å². The second-order valence-electron chi connectivity index (χ2n) is 6.48. The maximum Gasteiger partial charge on any atom is 0.157 e. The lowest BCUT2D eigenvalue weighted by Crippen LogP contribution is -2.15. The average molecular weight is 332 g/mol. The van der Waals surface area contributed by atoms with E-state index in [0.717, 1.165) is 35.6 Å². The van der Waals surface area contributed by atoms with Gasteiger partial charge in [0.15, 0.2) is 5.65 Å². The van der Waals surface area contributed by atoms with E-state index in [2.05, 4.69) is 21.5 Å². The van der Waals surface area contributed by atoms with E-state index in [-0.39, 0.29) is 0 Å². The highest BCUT2D eigenvalue weighted by atomic mass is 15.3. The van der Waals surface area contributed by atoms with Gasteiger partial charge in [-0.25, -0.2) is 4.98 Å². The van der Waals surface area contributed by atoms with Gasteiger partial charge in [-0.2, -0.15) is 14.9 Å².